The molecule has 1 aromatic carbocycles. The molecule has 0 radical (unpaired) electrons. The van der Waals surface area contributed by atoms with Gasteiger partial charge in [0.25, 0.3) is 5.91 Å². The minimum atomic E-state index is -0.496. The molecule has 0 aromatic heterocycles. The Hall–Kier alpha value is -2.50. The van der Waals surface area contributed by atoms with Crippen LogP contribution in [0.25, 0.3) is 0 Å². The molecule has 1 unspecified atom stereocenters. The Morgan fingerprint density at radius 3 is 2.25 bits per heavy atom. The molecule has 1 aliphatic carbocycles. The van der Waals surface area contributed by atoms with Crippen LogP contribution in [0, 0.1) is 5.92 Å². The van der Waals surface area contributed by atoms with Gasteiger partial charge in [-0.15, -0.1) is 0 Å². The summed E-state index contributed by atoms with van der Waals surface area (Å²) < 4.78 is 15.4. The first-order valence-corrected chi connectivity index (χ1v) is 7.88. The van der Waals surface area contributed by atoms with Crippen LogP contribution < -0.4 is 14.4 Å². The molecule has 0 spiro atoms. The minimum absolute atomic E-state index is 0.194. The molecule has 1 amide bonds. The van der Waals surface area contributed by atoms with Gasteiger partial charge in [0.05, 0.1) is 32.9 Å². The molecule has 130 valence electrons. The molecular weight excluding hydrogens is 310 g/mol. The highest BCUT2D eigenvalue weighted by molar-refractivity contribution is 6.09. The molecule has 6 nitrogen and oxygen atoms in total. The second-order valence-corrected chi connectivity index (χ2v) is 5.43. The number of allylic oxidation sites excluding steroid dienone is 1. The number of amides is 1. The van der Waals surface area contributed by atoms with Gasteiger partial charge in [0.1, 0.15) is 11.5 Å². The van der Waals surface area contributed by atoms with E-state index in [4.69, 9.17) is 14.2 Å². The standard InChI is InChI=1S/C18H23NO5/c1-5-19(12-9-13(22-2)11-14(10-12)23-3)17(20)15-7-6-8-16(15)18(21)24-4/h7,9-11,16H,5-6,8H2,1-4H3. The monoisotopic (exact) mass is 333 g/mol. The smallest absolute Gasteiger partial charge is 0.313 e. The van der Waals surface area contributed by atoms with Gasteiger partial charge in [-0.05, 0) is 19.8 Å². The molecule has 0 N–H and O–H groups in total. The Morgan fingerprint density at radius 1 is 1.12 bits per heavy atom. The molecule has 2 rings (SSSR count). The molecule has 0 aliphatic heterocycles. The van der Waals surface area contributed by atoms with E-state index in [0.29, 0.717) is 42.1 Å². The summed E-state index contributed by atoms with van der Waals surface area (Å²) in [6.07, 6.45) is 3.12. The lowest BCUT2D eigenvalue weighted by Crippen LogP contribution is -2.35. The number of benzene rings is 1. The quantitative estimate of drug-likeness (QED) is 0.749. The van der Waals surface area contributed by atoms with Gasteiger partial charge < -0.3 is 19.1 Å². The van der Waals surface area contributed by atoms with Crippen molar-refractivity contribution in [2.45, 2.75) is 19.8 Å². The predicted molar refractivity (Wildman–Crippen MR) is 90.4 cm³/mol. The summed E-state index contributed by atoms with van der Waals surface area (Å²) in [5.74, 6) is 0.136. The molecule has 1 aromatic rings. The number of hydrogen-bond acceptors (Lipinski definition) is 5. The van der Waals surface area contributed by atoms with Crippen molar-refractivity contribution in [1.29, 1.82) is 0 Å². The summed E-state index contributed by atoms with van der Waals surface area (Å²) >= 11 is 0. The Kier molecular flexibility index (Phi) is 5.84. The van der Waals surface area contributed by atoms with Crippen molar-refractivity contribution < 1.29 is 23.8 Å². The van der Waals surface area contributed by atoms with Crippen LogP contribution in [0.15, 0.2) is 29.8 Å². The number of esters is 1. The summed E-state index contributed by atoms with van der Waals surface area (Å²) in [6.45, 7) is 2.34. The van der Waals surface area contributed by atoms with Crippen LogP contribution in [0.2, 0.25) is 0 Å². The second-order valence-electron chi connectivity index (χ2n) is 5.43. The van der Waals surface area contributed by atoms with E-state index >= 15 is 0 Å². The van der Waals surface area contributed by atoms with Crippen LogP contribution >= 0.6 is 0 Å². The van der Waals surface area contributed by atoms with E-state index in [0.717, 1.165) is 0 Å². The number of anilines is 1. The number of rotatable bonds is 6. The molecule has 0 saturated heterocycles. The highest BCUT2D eigenvalue weighted by Gasteiger charge is 2.34. The van der Waals surface area contributed by atoms with Gasteiger partial charge >= 0.3 is 5.97 Å². The highest BCUT2D eigenvalue weighted by Crippen LogP contribution is 2.33. The fourth-order valence-electron chi connectivity index (χ4n) is 2.87. The van der Waals surface area contributed by atoms with Gasteiger partial charge in [-0.25, -0.2) is 0 Å². The zero-order chi connectivity index (χ0) is 17.7. The molecule has 0 fully saturated rings. The number of carbonyl (C=O) groups excluding carboxylic acids is 2. The van der Waals surface area contributed by atoms with Gasteiger partial charge in [0.15, 0.2) is 0 Å². The van der Waals surface area contributed by atoms with Gasteiger partial charge in [0, 0.05) is 30.3 Å². The molecule has 1 aliphatic rings. The zero-order valence-electron chi connectivity index (χ0n) is 14.5. The van der Waals surface area contributed by atoms with Crippen molar-refractivity contribution in [3.63, 3.8) is 0 Å². The minimum Gasteiger partial charge on any atom is -0.497 e. The summed E-state index contributed by atoms with van der Waals surface area (Å²) in [6, 6.07) is 5.28. The maximum absolute atomic E-state index is 13.0. The van der Waals surface area contributed by atoms with Crippen LogP contribution in [-0.2, 0) is 14.3 Å². The largest absolute Gasteiger partial charge is 0.497 e. The number of ether oxygens (including phenoxy) is 3. The Morgan fingerprint density at radius 2 is 1.75 bits per heavy atom. The lowest BCUT2D eigenvalue weighted by molar-refractivity contribution is -0.144. The van der Waals surface area contributed by atoms with Crippen LogP contribution in [0.1, 0.15) is 19.8 Å². The fourth-order valence-corrected chi connectivity index (χ4v) is 2.87. The Bertz CT molecular complexity index is 631. The van der Waals surface area contributed by atoms with Crippen LogP contribution in [0.5, 0.6) is 11.5 Å². The number of likely N-dealkylation sites (N-methyl/N-ethyl adjacent to an activating group) is 1. The predicted octanol–water partition coefficient (Wildman–Crippen LogP) is 2.57. The first-order chi connectivity index (χ1) is 11.5. The first-order valence-electron chi connectivity index (χ1n) is 7.88. The average Bonchev–Trinajstić information content (AvgIpc) is 3.10. The first kappa shape index (κ1) is 17.8. The third kappa shape index (κ3) is 3.53. The van der Waals surface area contributed by atoms with E-state index < -0.39 is 5.92 Å². The van der Waals surface area contributed by atoms with Crippen LogP contribution in [0.4, 0.5) is 5.69 Å². The Balaban J connectivity index is 2.34. The number of hydrogen-bond donors (Lipinski definition) is 0. The zero-order valence-corrected chi connectivity index (χ0v) is 14.5. The number of carbonyl (C=O) groups is 2. The molecule has 0 bridgehead atoms. The highest BCUT2D eigenvalue weighted by atomic mass is 16.5. The van der Waals surface area contributed by atoms with E-state index in [1.165, 1.54) is 7.11 Å². The van der Waals surface area contributed by atoms with Crippen molar-refractivity contribution in [3.05, 3.63) is 29.8 Å². The van der Waals surface area contributed by atoms with Crippen molar-refractivity contribution >= 4 is 17.6 Å². The van der Waals surface area contributed by atoms with E-state index in [-0.39, 0.29) is 11.9 Å². The summed E-state index contributed by atoms with van der Waals surface area (Å²) in [7, 11) is 4.46. The van der Waals surface area contributed by atoms with Crippen molar-refractivity contribution in [2.24, 2.45) is 5.92 Å². The third-order valence-electron chi connectivity index (χ3n) is 4.14. The molecule has 0 saturated carbocycles. The van der Waals surface area contributed by atoms with Crippen molar-refractivity contribution in [2.75, 3.05) is 32.8 Å². The molecule has 0 heterocycles. The molecule has 24 heavy (non-hydrogen) atoms. The fraction of sp³-hybridized carbons (Fsp3) is 0.444. The second kappa shape index (κ2) is 7.86. The summed E-state index contributed by atoms with van der Waals surface area (Å²) in [4.78, 5) is 26.5. The maximum Gasteiger partial charge on any atom is 0.313 e. The Labute approximate surface area is 142 Å². The average molecular weight is 333 g/mol. The molecular formula is C18H23NO5. The van der Waals surface area contributed by atoms with Crippen LogP contribution in [-0.4, -0.2) is 39.8 Å². The topological polar surface area (TPSA) is 65.1 Å². The van der Waals surface area contributed by atoms with Crippen LogP contribution in [0.3, 0.4) is 0 Å². The van der Waals surface area contributed by atoms with E-state index in [1.807, 2.05) is 13.0 Å². The number of methoxy groups -OCH3 is 3. The lowest BCUT2D eigenvalue weighted by Gasteiger charge is -2.24. The summed E-state index contributed by atoms with van der Waals surface area (Å²) in [5, 5.41) is 0. The van der Waals surface area contributed by atoms with Crippen molar-refractivity contribution in [1.82, 2.24) is 0 Å². The summed E-state index contributed by atoms with van der Waals surface area (Å²) in [5.41, 5.74) is 1.15. The SMILES string of the molecule is CCN(C(=O)C1=CCCC1C(=O)OC)c1cc(OC)cc(OC)c1. The molecule has 1 atom stereocenters. The van der Waals surface area contributed by atoms with Gasteiger partial charge in [0.2, 0.25) is 0 Å². The third-order valence-corrected chi connectivity index (χ3v) is 4.14. The number of nitrogens with zero attached hydrogens (tertiary/aromatic N) is 1. The van der Waals surface area contributed by atoms with Gasteiger partial charge in [-0.3, -0.25) is 9.59 Å². The van der Waals surface area contributed by atoms with E-state index in [2.05, 4.69) is 0 Å². The molecule has 6 heteroatoms. The van der Waals surface area contributed by atoms with Crippen molar-refractivity contribution in [3.8, 4) is 11.5 Å². The van der Waals surface area contributed by atoms with E-state index in [9.17, 15) is 9.59 Å². The van der Waals surface area contributed by atoms with Gasteiger partial charge in [-0.2, -0.15) is 0 Å². The van der Waals surface area contributed by atoms with E-state index in [1.54, 1.807) is 37.3 Å². The maximum atomic E-state index is 13.0. The normalized spacial score (nSPS) is 16.3. The lowest BCUT2D eigenvalue weighted by atomic mass is 10.0. The van der Waals surface area contributed by atoms with Gasteiger partial charge in [-0.1, -0.05) is 6.08 Å².